The van der Waals surface area contributed by atoms with Crippen molar-refractivity contribution in [3.05, 3.63) is 66.4 Å². The molecule has 0 spiro atoms. The fourth-order valence-electron chi connectivity index (χ4n) is 3.18. The molecule has 0 aliphatic carbocycles. The largest absolute Gasteiger partial charge is 0.461 e. The van der Waals surface area contributed by atoms with Crippen molar-refractivity contribution >= 4 is 16.8 Å². The first-order valence-corrected chi connectivity index (χ1v) is 8.64. The Bertz CT molecular complexity index is 1070. The van der Waals surface area contributed by atoms with Crippen molar-refractivity contribution in [2.24, 2.45) is 0 Å². The van der Waals surface area contributed by atoms with Crippen LogP contribution in [0.1, 0.15) is 24.9 Å². The molecule has 130 valence electrons. The summed E-state index contributed by atoms with van der Waals surface area (Å²) in [5.74, 6) is 2.55. The van der Waals surface area contributed by atoms with Gasteiger partial charge in [0.25, 0.3) is 0 Å². The monoisotopic (exact) mass is 345 g/mol. The van der Waals surface area contributed by atoms with Crippen molar-refractivity contribution in [1.29, 1.82) is 0 Å². The molecule has 0 atom stereocenters. The lowest BCUT2D eigenvalue weighted by atomic mass is 10.0. The van der Waals surface area contributed by atoms with Gasteiger partial charge in [-0.2, -0.15) is 0 Å². The van der Waals surface area contributed by atoms with E-state index in [1.54, 1.807) is 19.3 Å². The van der Waals surface area contributed by atoms with Crippen LogP contribution in [0, 0.1) is 6.92 Å². The molecule has 0 aliphatic rings. The molecular formula is C22H19NO3. The van der Waals surface area contributed by atoms with Crippen molar-refractivity contribution in [1.82, 2.24) is 4.98 Å². The smallest absolute Gasteiger partial charge is 0.138 e. The van der Waals surface area contributed by atoms with E-state index in [0.717, 1.165) is 44.9 Å². The van der Waals surface area contributed by atoms with E-state index in [9.17, 15) is 4.79 Å². The van der Waals surface area contributed by atoms with Crippen LogP contribution in [-0.2, 0) is 11.2 Å². The fraction of sp³-hybridized carbons (Fsp3) is 0.182. The Kier molecular flexibility index (Phi) is 4.17. The first-order chi connectivity index (χ1) is 12.6. The molecule has 0 N–H and O–H groups in total. The first kappa shape index (κ1) is 16.3. The molecule has 1 aromatic carbocycles. The van der Waals surface area contributed by atoms with Gasteiger partial charge in [0.15, 0.2) is 0 Å². The van der Waals surface area contributed by atoms with Crippen molar-refractivity contribution in [2.45, 2.75) is 26.7 Å². The second kappa shape index (κ2) is 6.64. The van der Waals surface area contributed by atoms with Gasteiger partial charge in [0.1, 0.15) is 28.6 Å². The Labute approximate surface area is 151 Å². The molecule has 3 aromatic heterocycles. The highest BCUT2D eigenvalue weighted by atomic mass is 16.4. The van der Waals surface area contributed by atoms with Crippen LogP contribution >= 0.6 is 0 Å². The number of hydrogen-bond donors (Lipinski definition) is 0. The molecule has 4 nitrogen and oxygen atoms in total. The topological polar surface area (TPSA) is 56.2 Å². The third-order valence-electron chi connectivity index (χ3n) is 4.47. The lowest BCUT2D eigenvalue weighted by Gasteiger charge is -2.02. The van der Waals surface area contributed by atoms with Crippen molar-refractivity contribution in [2.75, 3.05) is 0 Å². The summed E-state index contributed by atoms with van der Waals surface area (Å²) in [6, 6.07) is 14.0. The van der Waals surface area contributed by atoms with Crippen molar-refractivity contribution < 1.29 is 13.6 Å². The Morgan fingerprint density at radius 1 is 1.00 bits per heavy atom. The number of nitrogens with zero attached hydrogens (tertiary/aromatic N) is 1. The van der Waals surface area contributed by atoms with Crippen LogP contribution in [0.25, 0.3) is 33.4 Å². The van der Waals surface area contributed by atoms with Gasteiger partial charge in [0.05, 0.1) is 5.56 Å². The third-order valence-corrected chi connectivity index (χ3v) is 4.47. The predicted octanol–water partition coefficient (Wildman–Crippen LogP) is 5.58. The maximum Gasteiger partial charge on any atom is 0.138 e. The summed E-state index contributed by atoms with van der Waals surface area (Å²) in [5.41, 5.74) is 3.91. The molecular weight excluding hydrogens is 326 g/mol. The summed E-state index contributed by atoms with van der Waals surface area (Å²) in [6.45, 7) is 3.52. The minimum absolute atomic E-state index is 0.143. The lowest BCUT2D eigenvalue weighted by molar-refractivity contribution is -0.117. The van der Waals surface area contributed by atoms with Crippen LogP contribution in [-0.4, -0.2) is 10.8 Å². The number of furan rings is 2. The second-order valence-electron chi connectivity index (χ2n) is 6.46. The van der Waals surface area contributed by atoms with Gasteiger partial charge in [-0.25, -0.2) is 0 Å². The van der Waals surface area contributed by atoms with E-state index in [1.807, 2.05) is 43.3 Å². The maximum absolute atomic E-state index is 11.5. The highest BCUT2D eigenvalue weighted by Gasteiger charge is 2.19. The molecule has 0 saturated carbocycles. The average molecular weight is 345 g/mol. The van der Waals surface area contributed by atoms with Gasteiger partial charge in [-0.3, -0.25) is 4.98 Å². The molecule has 0 unspecified atom stereocenters. The molecule has 0 amide bonds. The quantitative estimate of drug-likeness (QED) is 0.473. The first-order valence-electron chi connectivity index (χ1n) is 8.64. The molecule has 3 heterocycles. The zero-order valence-corrected chi connectivity index (χ0v) is 14.8. The molecule has 0 radical (unpaired) electrons. The predicted molar refractivity (Wildman–Crippen MR) is 101 cm³/mol. The van der Waals surface area contributed by atoms with E-state index in [-0.39, 0.29) is 5.78 Å². The van der Waals surface area contributed by atoms with Crippen LogP contribution < -0.4 is 0 Å². The summed E-state index contributed by atoms with van der Waals surface area (Å²) in [4.78, 5) is 15.5. The number of rotatable bonds is 5. The van der Waals surface area contributed by atoms with Gasteiger partial charge < -0.3 is 13.6 Å². The zero-order valence-electron chi connectivity index (χ0n) is 14.8. The highest BCUT2D eigenvalue weighted by Crippen LogP contribution is 2.38. The Morgan fingerprint density at radius 2 is 1.81 bits per heavy atom. The van der Waals surface area contributed by atoms with Crippen LogP contribution in [0.2, 0.25) is 0 Å². The van der Waals surface area contributed by atoms with E-state index in [4.69, 9.17) is 8.83 Å². The van der Waals surface area contributed by atoms with Gasteiger partial charge in [-0.15, -0.1) is 0 Å². The van der Waals surface area contributed by atoms with Gasteiger partial charge in [-0.1, -0.05) is 6.07 Å². The number of carbonyl (C=O) groups is 1. The van der Waals surface area contributed by atoms with E-state index < -0.39 is 0 Å². The molecule has 4 aromatic rings. The number of Topliss-reactive ketones (excluding diaryl/α,β-unsaturated/α-hetero) is 1. The Morgan fingerprint density at radius 3 is 2.50 bits per heavy atom. The summed E-state index contributed by atoms with van der Waals surface area (Å²) in [6.07, 6.45) is 4.57. The van der Waals surface area contributed by atoms with Crippen LogP contribution in [0.3, 0.4) is 0 Å². The van der Waals surface area contributed by atoms with Gasteiger partial charge >= 0.3 is 0 Å². The Hall–Kier alpha value is -3.14. The van der Waals surface area contributed by atoms with E-state index in [2.05, 4.69) is 11.1 Å². The molecule has 26 heavy (non-hydrogen) atoms. The summed E-state index contributed by atoms with van der Waals surface area (Å²) in [5, 5.41) is 0.993. The molecule has 0 saturated heterocycles. The molecule has 0 aliphatic heterocycles. The lowest BCUT2D eigenvalue weighted by Crippen LogP contribution is -1.94. The normalized spacial score (nSPS) is 11.2. The fourth-order valence-corrected chi connectivity index (χ4v) is 3.18. The molecule has 0 fully saturated rings. The van der Waals surface area contributed by atoms with Crippen molar-refractivity contribution in [3.63, 3.8) is 0 Å². The van der Waals surface area contributed by atoms with Crippen LogP contribution in [0.5, 0.6) is 0 Å². The molecule has 0 bridgehead atoms. The number of benzene rings is 1. The summed E-state index contributed by atoms with van der Waals surface area (Å²) < 4.78 is 12.0. The van der Waals surface area contributed by atoms with Crippen LogP contribution in [0.15, 0.2) is 63.7 Å². The SMILES string of the molecule is CC(=O)CCc1oc2ccc(-c3ccncc3)cc2c1-c1ccc(C)o1. The average Bonchev–Trinajstić information content (AvgIpc) is 3.22. The van der Waals surface area contributed by atoms with E-state index in [1.165, 1.54) is 0 Å². The summed E-state index contributed by atoms with van der Waals surface area (Å²) in [7, 11) is 0. The van der Waals surface area contributed by atoms with E-state index >= 15 is 0 Å². The molecule has 4 heteroatoms. The standard InChI is InChI=1S/C22H19NO3/c1-14(24)3-6-21-22(20-7-4-15(2)25-20)18-13-17(5-8-19(18)26-21)16-9-11-23-12-10-16/h4-5,7-13H,3,6H2,1-2H3. The van der Waals surface area contributed by atoms with Gasteiger partial charge in [-0.05, 0) is 61.4 Å². The number of aromatic nitrogens is 1. The maximum atomic E-state index is 11.5. The zero-order chi connectivity index (χ0) is 18.1. The minimum Gasteiger partial charge on any atom is -0.461 e. The van der Waals surface area contributed by atoms with Crippen LogP contribution in [0.4, 0.5) is 0 Å². The second-order valence-corrected chi connectivity index (χ2v) is 6.46. The number of pyridine rings is 1. The van der Waals surface area contributed by atoms with Gasteiger partial charge in [0.2, 0.25) is 0 Å². The third kappa shape index (κ3) is 3.06. The van der Waals surface area contributed by atoms with Gasteiger partial charge in [0, 0.05) is 30.6 Å². The summed E-state index contributed by atoms with van der Waals surface area (Å²) >= 11 is 0. The van der Waals surface area contributed by atoms with Crippen molar-refractivity contribution in [3.8, 4) is 22.5 Å². The Balaban J connectivity index is 1.89. The number of aryl methyl sites for hydroxylation is 2. The number of carbonyl (C=O) groups excluding carboxylic acids is 1. The van der Waals surface area contributed by atoms with E-state index in [0.29, 0.717) is 12.8 Å². The molecule has 4 rings (SSSR count). The number of ketones is 1. The highest BCUT2D eigenvalue weighted by molar-refractivity contribution is 5.97. The minimum atomic E-state index is 0.143. The number of fused-ring (bicyclic) bond motifs is 1. The number of hydrogen-bond acceptors (Lipinski definition) is 4.